The number of ether oxygens (including phenoxy) is 1. The number of aryl methyl sites for hydroxylation is 1. The van der Waals surface area contributed by atoms with Gasteiger partial charge in [-0.25, -0.2) is 22.5 Å². The number of hydrogen-bond donors (Lipinski definition) is 1. The molecule has 0 radical (unpaired) electrons. The van der Waals surface area contributed by atoms with E-state index < -0.39 is 10.0 Å². The van der Waals surface area contributed by atoms with Gasteiger partial charge in [-0.1, -0.05) is 17.7 Å². The van der Waals surface area contributed by atoms with E-state index in [9.17, 15) is 12.8 Å². The van der Waals surface area contributed by atoms with Crippen LogP contribution in [0.15, 0.2) is 65.7 Å². The lowest BCUT2D eigenvalue weighted by atomic mass is 10.2. The number of aromatic nitrogens is 1. The molecule has 3 aromatic rings. The molecule has 3 rings (SSSR count). The minimum absolute atomic E-state index is 0.0517. The molecule has 0 unspecified atom stereocenters. The fraction of sp³-hybridized carbons (Fsp3) is 0.105. The van der Waals surface area contributed by atoms with Gasteiger partial charge in [0.2, 0.25) is 15.9 Å². The zero-order valence-electron chi connectivity index (χ0n) is 14.3. The van der Waals surface area contributed by atoms with Crippen LogP contribution in [0.1, 0.15) is 11.1 Å². The Morgan fingerprint density at radius 2 is 1.85 bits per heavy atom. The van der Waals surface area contributed by atoms with Crippen molar-refractivity contribution in [2.24, 2.45) is 0 Å². The summed E-state index contributed by atoms with van der Waals surface area (Å²) in [5.41, 5.74) is 1.45. The zero-order valence-corrected chi connectivity index (χ0v) is 15.9. The molecule has 2 aromatic carbocycles. The molecule has 0 saturated heterocycles. The lowest BCUT2D eigenvalue weighted by Gasteiger charge is -2.09. The molecule has 0 aliphatic carbocycles. The van der Waals surface area contributed by atoms with Crippen LogP contribution in [0.4, 0.5) is 4.39 Å². The number of pyridine rings is 1. The van der Waals surface area contributed by atoms with Crippen LogP contribution in [-0.2, 0) is 16.6 Å². The normalized spacial score (nSPS) is 11.4. The second-order valence-electron chi connectivity index (χ2n) is 5.79. The van der Waals surface area contributed by atoms with Gasteiger partial charge in [0.15, 0.2) is 0 Å². The van der Waals surface area contributed by atoms with E-state index >= 15 is 0 Å². The first kappa shape index (κ1) is 19.3. The molecule has 8 heteroatoms. The summed E-state index contributed by atoms with van der Waals surface area (Å²) in [6, 6.07) is 13.4. The van der Waals surface area contributed by atoms with Gasteiger partial charge in [-0.05, 0) is 60.5 Å². The third kappa shape index (κ3) is 5.03. The number of benzene rings is 2. The minimum atomic E-state index is -3.71. The summed E-state index contributed by atoms with van der Waals surface area (Å²) in [4.78, 5) is 4.16. The van der Waals surface area contributed by atoms with E-state index in [2.05, 4.69) is 9.71 Å². The van der Waals surface area contributed by atoms with Crippen molar-refractivity contribution in [3.8, 4) is 11.6 Å². The first-order valence-electron chi connectivity index (χ1n) is 7.98. The van der Waals surface area contributed by atoms with Crippen molar-refractivity contribution >= 4 is 21.6 Å². The molecule has 0 aliphatic rings. The summed E-state index contributed by atoms with van der Waals surface area (Å²) in [7, 11) is -3.71. The predicted molar refractivity (Wildman–Crippen MR) is 101 cm³/mol. The van der Waals surface area contributed by atoms with Crippen molar-refractivity contribution in [1.29, 1.82) is 0 Å². The number of sulfonamides is 1. The van der Waals surface area contributed by atoms with Gasteiger partial charge >= 0.3 is 0 Å². The van der Waals surface area contributed by atoms with Crippen molar-refractivity contribution < 1.29 is 17.5 Å². The monoisotopic (exact) mass is 406 g/mol. The number of halogens is 2. The van der Waals surface area contributed by atoms with Crippen LogP contribution < -0.4 is 9.46 Å². The minimum Gasteiger partial charge on any atom is -0.439 e. The largest absolute Gasteiger partial charge is 0.439 e. The summed E-state index contributed by atoms with van der Waals surface area (Å²) >= 11 is 6.00. The standard InChI is InChI=1S/C19H16ClFN2O3S/c1-13-2-7-17(11-18(13)20)27(24,25)23-12-14-8-9-22-19(10-14)26-16-5-3-15(21)4-6-16/h2-11,23H,12H2,1H3. The van der Waals surface area contributed by atoms with E-state index in [0.29, 0.717) is 16.3 Å². The Balaban J connectivity index is 1.70. The van der Waals surface area contributed by atoms with E-state index in [1.807, 2.05) is 0 Å². The van der Waals surface area contributed by atoms with Crippen molar-refractivity contribution in [3.63, 3.8) is 0 Å². The maximum atomic E-state index is 12.9. The van der Waals surface area contributed by atoms with Crippen molar-refractivity contribution in [2.75, 3.05) is 0 Å². The molecule has 5 nitrogen and oxygen atoms in total. The van der Waals surface area contributed by atoms with Gasteiger partial charge in [0, 0.05) is 23.8 Å². The summed E-state index contributed by atoms with van der Waals surface area (Å²) in [6.07, 6.45) is 1.51. The van der Waals surface area contributed by atoms with Crippen LogP contribution >= 0.6 is 11.6 Å². The van der Waals surface area contributed by atoms with E-state index in [0.717, 1.165) is 5.56 Å². The molecule has 0 atom stereocenters. The first-order chi connectivity index (χ1) is 12.8. The lowest BCUT2D eigenvalue weighted by molar-refractivity contribution is 0.460. The van der Waals surface area contributed by atoms with Crippen LogP contribution in [0.25, 0.3) is 0 Å². The summed E-state index contributed by atoms with van der Waals surface area (Å²) in [5.74, 6) is 0.335. The summed E-state index contributed by atoms with van der Waals surface area (Å²) in [5, 5.41) is 0.386. The molecule has 140 valence electrons. The fourth-order valence-corrected chi connectivity index (χ4v) is 3.53. The third-order valence-electron chi connectivity index (χ3n) is 3.76. The maximum Gasteiger partial charge on any atom is 0.240 e. The molecule has 0 saturated carbocycles. The highest BCUT2D eigenvalue weighted by atomic mass is 35.5. The molecular formula is C19H16ClFN2O3S. The summed E-state index contributed by atoms with van der Waals surface area (Å²) < 4.78 is 45.9. The van der Waals surface area contributed by atoms with Crippen molar-refractivity contribution in [3.05, 3.63) is 82.8 Å². The van der Waals surface area contributed by atoms with Gasteiger partial charge in [0.05, 0.1) is 4.90 Å². The van der Waals surface area contributed by atoms with Crippen molar-refractivity contribution in [1.82, 2.24) is 9.71 Å². The Labute approximate surface area is 161 Å². The van der Waals surface area contributed by atoms with Gasteiger partial charge in [-0.3, -0.25) is 0 Å². The molecule has 0 amide bonds. The second kappa shape index (κ2) is 8.04. The molecule has 0 fully saturated rings. The topological polar surface area (TPSA) is 68.3 Å². The smallest absolute Gasteiger partial charge is 0.240 e. The number of rotatable bonds is 6. The number of nitrogens with zero attached hydrogens (tertiary/aromatic N) is 1. The van der Waals surface area contributed by atoms with Gasteiger partial charge in [0.1, 0.15) is 11.6 Å². The SMILES string of the molecule is Cc1ccc(S(=O)(=O)NCc2ccnc(Oc3ccc(F)cc3)c2)cc1Cl. The number of nitrogens with one attached hydrogen (secondary N) is 1. The molecule has 0 bridgehead atoms. The molecule has 0 spiro atoms. The Kier molecular flexibility index (Phi) is 5.74. The van der Waals surface area contributed by atoms with Gasteiger partial charge in [-0.15, -0.1) is 0 Å². The Morgan fingerprint density at radius 3 is 2.56 bits per heavy atom. The van der Waals surface area contributed by atoms with E-state index in [1.165, 1.54) is 42.6 Å². The molecule has 0 aliphatic heterocycles. The average molecular weight is 407 g/mol. The lowest BCUT2D eigenvalue weighted by Crippen LogP contribution is -2.23. The summed E-state index contributed by atoms with van der Waals surface area (Å²) in [6.45, 7) is 1.85. The molecule has 1 heterocycles. The molecule has 1 N–H and O–H groups in total. The van der Waals surface area contributed by atoms with Crippen LogP contribution in [0.2, 0.25) is 5.02 Å². The van der Waals surface area contributed by atoms with Crippen molar-refractivity contribution in [2.45, 2.75) is 18.4 Å². The van der Waals surface area contributed by atoms with Crippen LogP contribution in [0, 0.1) is 12.7 Å². The molecule has 1 aromatic heterocycles. The van der Waals surface area contributed by atoms with Gasteiger partial charge in [0.25, 0.3) is 0 Å². The highest BCUT2D eigenvalue weighted by molar-refractivity contribution is 7.89. The fourth-order valence-electron chi connectivity index (χ4n) is 2.24. The first-order valence-corrected chi connectivity index (χ1v) is 9.84. The number of hydrogen-bond acceptors (Lipinski definition) is 4. The average Bonchev–Trinajstić information content (AvgIpc) is 2.64. The third-order valence-corrected chi connectivity index (χ3v) is 5.56. The second-order valence-corrected chi connectivity index (χ2v) is 7.97. The van der Waals surface area contributed by atoms with Gasteiger partial charge < -0.3 is 4.74 Å². The van der Waals surface area contributed by atoms with Crippen LogP contribution in [-0.4, -0.2) is 13.4 Å². The Bertz CT molecular complexity index is 1060. The predicted octanol–water partition coefficient (Wildman–Crippen LogP) is 4.45. The zero-order chi connectivity index (χ0) is 19.4. The van der Waals surface area contributed by atoms with E-state index in [4.69, 9.17) is 16.3 Å². The van der Waals surface area contributed by atoms with E-state index in [-0.39, 0.29) is 23.1 Å². The Morgan fingerprint density at radius 1 is 1.11 bits per heavy atom. The van der Waals surface area contributed by atoms with Gasteiger partial charge in [-0.2, -0.15) is 0 Å². The van der Waals surface area contributed by atoms with Crippen LogP contribution in [0.5, 0.6) is 11.6 Å². The highest BCUT2D eigenvalue weighted by Crippen LogP contribution is 2.22. The van der Waals surface area contributed by atoms with Crippen LogP contribution in [0.3, 0.4) is 0 Å². The molecular weight excluding hydrogens is 391 g/mol. The maximum absolute atomic E-state index is 12.9. The van der Waals surface area contributed by atoms with E-state index in [1.54, 1.807) is 25.1 Å². The molecule has 27 heavy (non-hydrogen) atoms. The Hall–Kier alpha value is -2.48. The highest BCUT2D eigenvalue weighted by Gasteiger charge is 2.15. The quantitative estimate of drug-likeness (QED) is 0.656.